The summed E-state index contributed by atoms with van der Waals surface area (Å²) in [5, 5.41) is 9.53. The first-order valence-corrected chi connectivity index (χ1v) is 12.6. The van der Waals surface area contributed by atoms with E-state index in [-0.39, 0.29) is 30.7 Å². The summed E-state index contributed by atoms with van der Waals surface area (Å²) in [6.07, 6.45) is 2.49. The van der Waals surface area contributed by atoms with E-state index in [1.165, 1.54) is 0 Å². The van der Waals surface area contributed by atoms with E-state index in [4.69, 9.17) is 9.16 Å². The Bertz CT molecular complexity index is 450. The molecule has 1 N–H and O–H groups in total. The normalized spacial score (nSPS) is 24.2. The summed E-state index contributed by atoms with van der Waals surface area (Å²) >= 11 is 2.28. The smallest absolute Gasteiger partial charge is 0.306 e. The molecule has 0 unspecified atom stereocenters. The molecule has 0 aromatic rings. The van der Waals surface area contributed by atoms with Crippen LogP contribution in [0.15, 0.2) is 9.66 Å². The Hall–Kier alpha value is 0.0769. The monoisotopic (exact) mass is 482 g/mol. The van der Waals surface area contributed by atoms with E-state index in [9.17, 15) is 9.90 Å². The van der Waals surface area contributed by atoms with Crippen LogP contribution >= 0.6 is 22.6 Å². The number of aliphatic hydroxyl groups excluding tert-OH is 1. The highest BCUT2D eigenvalue weighted by molar-refractivity contribution is 14.1. The van der Waals surface area contributed by atoms with Gasteiger partial charge >= 0.3 is 5.97 Å². The van der Waals surface area contributed by atoms with Crippen molar-refractivity contribution < 1.29 is 19.1 Å². The van der Waals surface area contributed by atoms with E-state index >= 15 is 0 Å². The lowest BCUT2D eigenvalue weighted by Gasteiger charge is -2.46. The summed E-state index contributed by atoms with van der Waals surface area (Å²) in [6.45, 7) is 15.6. The summed E-state index contributed by atoms with van der Waals surface area (Å²) in [4.78, 5) is 12.0. The van der Waals surface area contributed by atoms with Gasteiger partial charge in [-0.15, -0.1) is 0 Å². The fourth-order valence-electron chi connectivity index (χ4n) is 4.34. The maximum atomic E-state index is 12.0. The number of carbonyl (C=O) groups excluding carboxylic acids is 1. The molecule has 0 aliphatic carbocycles. The lowest BCUT2D eigenvalue weighted by molar-refractivity contribution is -0.163. The first-order valence-electron chi connectivity index (χ1n) is 9.36. The number of hydrogen-bond donors (Lipinski definition) is 1. The van der Waals surface area contributed by atoms with Gasteiger partial charge in [0.25, 0.3) is 0 Å². The topological polar surface area (TPSA) is 55.8 Å². The molecule has 0 spiro atoms. The Morgan fingerprint density at radius 2 is 1.80 bits per heavy atom. The molecule has 3 atom stereocenters. The van der Waals surface area contributed by atoms with Crippen LogP contribution in [0.5, 0.6) is 0 Å². The average molecular weight is 482 g/mol. The molecule has 1 saturated heterocycles. The van der Waals surface area contributed by atoms with E-state index in [0.29, 0.717) is 29.5 Å². The molecule has 1 aliphatic rings. The molecule has 0 aromatic carbocycles. The first kappa shape index (κ1) is 23.1. The number of carbonyl (C=O) groups is 1. The molecule has 1 heterocycles. The number of ether oxygens (including phenoxy) is 1. The lowest BCUT2D eigenvalue weighted by atomic mass is 9.93. The molecule has 0 radical (unpaired) electrons. The van der Waals surface area contributed by atoms with Gasteiger partial charge in [0.05, 0.1) is 6.42 Å². The summed E-state index contributed by atoms with van der Waals surface area (Å²) < 4.78 is 13.7. The Labute approximate surface area is 168 Å². The molecule has 0 aromatic heterocycles. The number of hydrogen-bond acceptors (Lipinski definition) is 4. The Morgan fingerprint density at radius 3 is 2.20 bits per heavy atom. The van der Waals surface area contributed by atoms with Crippen LogP contribution in [0.3, 0.4) is 0 Å². The van der Waals surface area contributed by atoms with Crippen molar-refractivity contribution in [3.63, 3.8) is 0 Å². The van der Waals surface area contributed by atoms with Crippen molar-refractivity contribution in [3.05, 3.63) is 9.66 Å². The third-order valence-electron chi connectivity index (χ3n) is 5.37. The van der Waals surface area contributed by atoms with E-state index in [1.807, 2.05) is 6.92 Å². The molecule has 0 bridgehead atoms. The number of rotatable bonds is 8. The summed E-state index contributed by atoms with van der Waals surface area (Å²) in [5.41, 5.74) is 1.39. The number of aliphatic hydroxyl groups is 1. The van der Waals surface area contributed by atoms with E-state index in [2.05, 4.69) is 70.2 Å². The zero-order valence-electron chi connectivity index (χ0n) is 16.7. The number of cyclic esters (lactones) is 1. The van der Waals surface area contributed by atoms with E-state index < -0.39 is 8.32 Å². The fraction of sp³-hybridized carbons (Fsp3) is 0.842. The van der Waals surface area contributed by atoms with Crippen LogP contribution in [-0.2, 0) is 14.0 Å². The zero-order chi connectivity index (χ0) is 19.4. The average Bonchev–Trinajstić information content (AvgIpc) is 2.49. The van der Waals surface area contributed by atoms with Gasteiger partial charge < -0.3 is 14.3 Å². The predicted octanol–water partition coefficient (Wildman–Crippen LogP) is 5.20. The quantitative estimate of drug-likeness (QED) is 0.294. The van der Waals surface area contributed by atoms with Gasteiger partial charge in [0.2, 0.25) is 8.32 Å². The Balaban J connectivity index is 3.21. The zero-order valence-corrected chi connectivity index (χ0v) is 19.9. The number of esters is 1. The molecular weight excluding hydrogens is 447 g/mol. The van der Waals surface area contributed by atoms with Crippen LogP contribution in [0.2, 0.25) is 16.6 Å². The molecule has 0 amide bonds. The van der Waals surface area contributed by atoms with E-state index in [1.54, 1.807) is 0 Å². The van der Waals surface area contributed by atoms with Gasteiger partial charge in [0.1, 0.15) is 12.2 Å². The van der Waals surface area contributed by atoms with Gasteiger partial charge in [0, 0.05) is 6.61 Å². The summed E-state index contributed by atoms with van der Waals surface area (Å²) in [7, 11) is -2.10. The van der Waals surface area contributed by atoms with Gasteiger partial charge in [-0.25, -0.2) is 0 Å². The van der Waals surface area contributed by atoms with Crippen molar-refractivity contribution in [2.75, 3.05) is 6.61 Å². The molecule has 146 valence electrons. The lowest BCUT2D eigenvalue weighted by Crippen LogP contribution is -2.53. The minimum absolute atomic E-state index is 0.0202. The minimum atomic E-state index is -2.10. The highest BCUT2D eigenvalue weighted by Gasteiger charge is 2.48. The second-order valence-electron chi connectivity index (χ2n) is 8.17. The number of halogens is 1. The van der Waals surface area contributed by atoms with Crippen molar-refractivity contribution in [1.82, 2.24) is 0 Å². The molecule has 1 rings (SSSR count). The van der Waals surface area contributed by atoms with Crippen LogP contribution < -0.4 is 0 Å². The van der Waals surface area contributed by atoms with E-state index in [0.717, 1.165) is 3.58 Å². The van der Waals surface area contributed by atoms with Crippen LogP contribution in [-0.4, -0.2) is 38.2 Å². The molecule has 1 fully saturated rings. The van der Waals surface area contributed by atoms with Gasteiger partial charge in [-0.2, -0.15) is 0 Å². The third-order valence-corrected chi connectivity index (χ3v) is 11.8. The highest BCUT2D eigenvalue weighted by Crippen LogP contribution is 2.44. The standard InChI is InChI=1S/C19H35IO4Si/c1-12(2)25(13(3)4,14(5)6)24-18(8-15(7)20)17-9-16(11-21)10-19(22)23-17/h8,12-14,16-18,21H,9-11H2,1-7H3/b15-8+/t16-,17-,18-/m1/s1. The van der Waals surface area contributed by atoms with Crippen molar-refractivity contribution in [3.8, 4) is 0 Å². The second-order valence-corrected chi connectivity index (χ2v) is 15.3. The maximum absolute atomic E-state index is 12.0. The Kier molecular flexibility index (Phi) is 9.11. The van der Waals surface area contributed by atoms with Crippen LogP contribution in [0, 0.1) is 5.92 Å². The Morgan fingerprint density at radius 1 is 1.28 bits per heavy atom. The SMILES string of the molecule is C/C(I)=C\[C@@H](O[Si](C(C)C)(C(C)C)C(C)C)[C@H]1C[C@@H](CO)CC(=O)O1. The van der Waals surface area contributed by atoms with Crippen molar-refractivity contribution in [2.24, 2.45) is 5.92 Å². The maximum Gasteiger partial charge on any atom is 0.306 e. The van der Waals surface area contributed by atoms with Crippen molar-refractivity contribution >= 4 is 36.9 Å². The molecule has 1 aliphatic heterocycles. The van der Waals surface area contributed by atoms with Gasteiger partial charge in [-0.05, 0) is 68.1 Å². The van der Waals surface area contributed by atoms with Crippen molar-refractivity contribution in [2.45, 2.75) is 90.1 Å². The van der Waals surface area contributed by atoms with Crippen LogP contribution in [0.25, 0.3) is 0 Å². The summed E-state index contributed by atoms with van der Waals surface area (Å²) in [5.74, 6) is -0.261. The first-order chi connectivity index (χ1) is 11.5. The molecule has 6 heteroatoms. The van der Waals surface area contributed by atoms with Gasteiger partial charge in [-0.1, -0.05) is 41.5 Å². The highest BCUT2D eigenvalue weighted by atomic mass is 127. The summed E-state index contributed by atoms with van der Waals surface area (Å²) in [6, 6.07) is 0. The third kappa shape index (κ3) is 5.78. The molecular formula is C19H35IO4Si. The van der Waals surface area contributed by atoms with Gasteiger partial charge in [0.15, 0.2) is 0 Å². The number of allylic oxidation sites excluding steroid dienone is 1. The van der Waals surface area contributed by atoms with Gasteiger partial charge in [-0.3, -0.25) is 4.79 Å². The minimum Gasteiger partial charge on any atom is -0.459 e. The largest absolute Gasteiger partial charge is 0.459 e. The molecule has 0 saturated carbocycles. The second kappa shape index (κ2) is 9.85. The van der Waals surface area contributed by atoms with Crippen LogP contribution in [0.4, 0.5) is 0 Å². The van der Waals surface area contributed by atoms with Crippen LogP contribution in [0.1, 0.15) is 61.3 Å². The fourth-order valence-corrected chi connectivity index (χ4v) is 10.2. The van der Waals surface area contributed by atoms with Crippen molar-refractivity contribution in [1.29, 1.82) is 0 Å². The predicted molar refractivity (Wildman–Crippen MR) is 113 cm³/mol. The molecule has 4 nitrogen and oxygen atoms in total. The molecule has 25 heavy (non-hydrogen) atoms.